The van der Waals surface area contributed by atoms with E-state index in [1.54, 1.807) is 30.5 Å². The number of hydrogen-bond donors (Lipinski definition) is 5. The van der Waals surface area contributed by atoms with Gasteiger partial charge >= 0.3 is 0 Å². The van der Waals surface area contributed by atoms with Crippen molar-refractivity contribution in [1.29, 1.82) is 0 Å². The molecule has 0 saturated carbocycles. The van der Waals surface area contributed by atoms with Crippen molar-refractivity contribution in [3.63, 3.8) is 0 Å². The number of amides is 1. The molecule has 9 heteroatoms. The molecule has 0 unspecified atom stereocenters. The lowest BCUT2D eigenvalue weighted by molar-refractivity contribution is 0.0911. The molecule has 0 spiro atoms. The molecular weight excluding hydrogens is 430 g/mol. The van der Waals surface area contributed by atoms with Crippen LogP contribution in [0.4, 0.5) is 5.95 Å². The van der Waals surface area contributed by atoms with Gasteiger partial charge in [-0.3, -0.25) is 4.79 Å². The van der Waals surface area contributed by atoms with Crippen LogP contribution in [0, 0.1) is 13.8 Å². The topological polar surface area (TPSA) is 123 Å². The van der Waals surface area contributed by atoms with Gasteiger partial charge in [-0.1, -0.05) is 23.7 Å². The third-order valence-corrected chi connectivity index (χ3v) is 5.33. The number of hydrogen-bond acceptors (Lipinski definition) is 6. The summed E-state index contributed by atoms with van der Waals surface area (Å²) in [6.07, 6.45) is 1.58. The molecule has 1 amide bonds. The van der Waals surface area contributed by atoms with Crippen LogP contribution >= 0.6 is 11.6 Å². The van der Waals surface area contributed by atoms with Gasteiger partial charge in [0.1, 0.15) is 5.69 Å². The Morgan fingerprint density at radius 2 is 2.00 bits per heavy atom. The van der Waals surface area contributed by atoms with Gasteiger partial charge in [-0.2, -0.15) is 0 Å². The Hall–Kier alpha value is -2.94. The number of rotatable bonds is 8. The van der Waals surface area contributed by atoms with Crippen molar-refractivity contribution >= 4 is 23.5 Å². The minimum atomic E-state index is -0.610. The minimum Gasteiger partial charge on any atom is -0.394 e. The van der Waals surface area contributed by atoms with Gasteiger partial charge in [-0.15, -0.1) is 0 Å². The number of halogens is 1. The molecule has 2 heterocycles. The molecule has 170 valence electrons. The maximum absolute atomic E-state index is 13.1. The molecule has 8 nitrogen and oxygen atoms in total. The number of aliphatic hydroxyl groups excluding tert-OH is 2. The molecule has 0 aliphatic heterocycles. The lowest BCUT2D eigenvalue weighted by atomic mass is 10.0. The van der Waals surface area contributed by atoms with E-state index >= 15 is 0 Å². The van der Waals surface area contributed by atoms with Crippen LogP contribution in [0.2, 0.25) is 5.02 Å². The molecule has 0 aliphatic carbocycles. The van der Waals surface area contributed by atoms with Crippen molar-refractivity contribution in [3.05, 3.63) is 63.6 Å². The van der Waals surface area contributed by atoms with Crippen LogP contribution in [0.15, 0.2) is 30.5 Å². The van der Waals surface area contributed by atoms with E-state index in [2.05, 4.69) is 25.6 Å². The molecule has 0 fully saturated rings. The second-order valence-electron chi connectivity index (χ2n) is 7.91. The summed E-state index contributed by atoms with van der Waals surface area (Å²) in [6.45, 7) is 7.12. The van der Waals surface area contributed by atoms with Gasteiger partial charge < -0.3 is 25.8 Å². The van der Waals surface area contributed by atoms with Crippen molar-refractivity contribution in [3.8, 4) is 11.3 Å². The van der Waals surface area contributed by atoms with Crippen LogP contribution in [0.25, 0.3) is 11.3 Å². The molecule has 5 N–H and O–H groups in total. The number of aromatic amines is 1. The Kier molecular flexibility index (Phi) is 7.50. The number of carbonyl (C=O) groups is 1. The largest absolute Gasteiger partial charge is 0.394 e. The van der Waals surface area contributed by atoms with E-state index < -0.39 is 6.04 Å². The van der Waals surface area contributed by atoms with E-state index in [9.17, 15) is 15.0 Å². The Bertz CT molecular complexity index is 1110. The first kappa shape index (κ1) is 23.7. The van der Waals surface area contributed by atoms with Gasteiger partial charge in [0.15, 0.2) is 0 Å². The summed E-state index contributed by atoms with van der Waals surface area (Å²) in [5.74, 6) is 0.0792. The predicted octanol–water partition coefficient (Wildman–Crippen LogP) is 3.52. The monoisotopic (exact) mass is 457 g/mol. The van der Waals surface area contributed by atoms with E-state index in [0.29, 0.717) is 39.0 Å². The third-order valence-electron chi connectivity index (χ3n) is 5.09. The average molecular weight is 458 g/mol. The number of carbonyl (C=O) groups excluding carboxylic acids is 1. The van der Waals surface area contributed by atoms with E-state index in [4.69, 9.17) is 11.6 Å². The number of aryl methyl sites for hydroxylation is 1. The number of aromatic nitrogens is 3. The van der Waals surface area contributed by atoms with Gasteiger partial charge in [0.2, 0.25) is 5.95 Å². The lowest BCUT2D eigenvalue weighted by Gasteiger charge is -2.17. The maximum Gasteiger partial charge on any atom is 0.268 e. The standard InChI is InChI=1S/C23H28ClN5O3/c1-12(2)26-23-25-9-16(10-30)21(29-23)19-13(3)20(27-14(19)4)22(32)28-18(11-31)15-6-5-7-17(24)8-15/h5-9,12,18,27,30-31H,10-11H2,1-4H3,(H,28,32)(H,25,26,29)/t18-/m1/s1. The van der Waals surface area contributed by atoms with Gasteiger partial charge in [-0.05, 0) is 51.0 Å². The Morgan fingerprint density at radius 1 is 1.25 bits per heavy atom. The second-order valence-corrected chi connectivity index (χ2v) is 8.35. The van der Waals surface area contributed by atoms with Gasteiger partial charge in [0.25, 0.3) is 5.91 Å². The van der Waals surface area contributed by atoms with Crippen LogP contribution in [-0.2, 0) is 6.61 Å². The lowest BCUT2D eigenvalue weighted by Crippen LogP contribution is -2.31. The van der Waals surface area contributed by atoms with Crippen LogP contribution in [0.5, 0.6) is 0 Å². The molecule has 2 aromatic heterocycles. The summed E-state index contributed by atoms with van der Waals surface area (Å²) < 4.78 is 0. The summed E-state index contributed by atoms with van der Waals surface area (Å²) in [5.41, 5.74) is 4.34. The number of benzene rings is 1. The highest BCUT2D eigenvalue weighted by Crippen LogP contribution is 2.31. The maximum atomic E-state index is 13.1. The second kappa shape index (κ2) is 10.1. The van der Waals surface area contributed by atoms with Gasteiger partial charge in [0, 0.05) is 34.1 Å². The summed E-state index contributed by atoms with van der Waals surface area (Å²) in [5, 5.41) is 26.2. The van der Waals surface area contributed by atoms with Crippen LogP contribution < -0.4 is 10.6 Å². The highest BCUT2D eigenvalue weighted by molar-refractivity contribution is 6.30. The summed E-state index contributed by atoms with van der Waals surface area (Å²) in [4.78, 5) is 25.1. The highest BCUT2D eigenvalue weighted by atomic mass is 35.5. The average Bonchev–Trinajstić information content (AvgIpc) is 3.05. The zero-order valence-corrected chi connectivity index (χ0v) is 19.3. The van der Waals surface area contributed by atoms with Crippen molar-refractivity contribution in [2.75, 3.05) is 11.9 Å². The van der Waals surface area contributed by atoms with Crippen LogP contribution in [-0.4, -0.2) is 43.7 Å². The molecule has 1 aromatic carbocycles. The summed E-state index contributed by atoms with van der Waals surface area (Å²) in [6, 6.07) is 6.53. The van der Waals surface area contributed by atoms with Gasteiger partial charge in [0.05, 0.1) is 24.9 Å². The zero-order valence-electron chi connectivity index (χ0n) is 18.5. The Morgan fingerprint density at radius 3 is 2.62 bits per heavy atom. The van der Waals surface area contributed by atoms with Crippen molar-refractivity contribution in [2.24, 2.45) is 0 Å². The molecule has 0 bridgehead atoms. The first-order valence-electron chi connectivity index (χ1n) is 10.3. The fourth-order valence-corrected chi connectivity index (χ4v) is 3.79. The number of anilines is 1. The summed E-state index contributed by atoms with van der Waals surface area (Å²) >= 11 is 6.05. The van der Waals surface area contributed by atoms with Crippen molar-refractivity contribution in [2.45, 2.75) is 46.4 Å². The molecule has 0 aliphatic rings. The van der Waals surface area contributed by atoms with E-state index in [1.807, 2.05) is 27.7 Å². The number of nitrogens with zero attached hydrogens (tertiary/aromatic N) is 2. The van der Waals surface area contributed by atoms with Crippen LogP contribution in [0.1, 0.15) is 52.8 Å². The molecule has 1 atom stereocenters. The molecular formula is C23H28ClN5O3. The third kappa shape index (κ3) is 5.09. The SMILES string of the molecule is Cc1[nH]c(C(=O)N[C@H](CO)c2cccc(Cl)c2)c(C)c1-c1nc(NC(C)C)ncc1CO. The molecule has 32 heavy (non-hydrogen) atoms. The molecule has 0 radical (unpaired) electrons. The zero-order chi connectivity index (χ0) is 23.4. The summed E-state index contributed by atoms with van der Waals surface area (Å²) in [7, 11) is 0. The van der Waals surface area contributed by atoms with E-state index in [1.165, 1.54) is 0 Å². The van der Waals surface area contributed by atoms with Crippen molar-refractivity contribution < 1.29 is 15.0 Å². The molecule has 3 rings (SSSR count). The number of H-pyrrole nitrogens is 1. The Labute approximate surface area is 192 Å². The number of nitrogens with one attached hydrogen (secondary N) is 3. The quantitative estimate of drug-likeness (QED) is 0.352. The molecule has 3 aromatic rings. The van der Waals surface area contributed by atoms with Crippen molar-refractivity contribution in [1.82, 2.24) is 20.3 Å². The number of aliphatic hydroxyl groups is 2. The normalized spacial score (nSPS) is 12.1. The first-order valence-corrected chi connectivity index (χ1v) is 10.7. The molecule has 0 saturated heterocycles. The predicted molar refractivity (Wildman–Crippen MR) is 125 cm³/mol. The smallest absolute Gasteiger partial charge is 0.268 e. The van der Waals surface area contributed by atoms with Crippen LogP contribution in [0.3, 0.4) is 0 Å². The first-order chi connectivity index (χ1) is 15.2. The van der Waals surface area contributed by atoms with Gasteiger partial charge in [-0.25, -0.2) is 9.97 Å². The highest BCUT2D eigenvalue weighted by Gasteiger charge is 2.24. The minimum absolute atomic E-state index is 0.138. The fraction of sp³-hybridized carbons (Fsp3) is 0.348. The fourth-order valence-electron chi connectivity index (χ4n) is 3.59. The van der Waals surface area contributed by atoms with E-state index in [-0.39, 0.29) is 25.2 Å². The Balaban J connectivity index is 1.96. The van der Waals surface area contributed by atoms with E-state index in [0.717, 1.165) is 11.3 Å².